The summed E-state index contributed by atoms with van der Waals surface area (Å²) in [5, 5.41) is 2.86. The molecule has 4 amide bonds. The third kappa shape index (κ3) is 3.81. The van der Waals surface area contributed by atoms with Crippen LogP contribution in [-0.4, -0.2) is 77.4 Å². The van der Waals surface area contributed by atoms with Crippen LogP contribution in [0.3, 0.4) is 0 Å². The first-order chi connectivity index (χ1) is 11.9. The first kappa shape index (κ1) is 19.7. The molecular formula is C18H32N4O3. The van der Waals surface area contributed by atoms with Crippen molar-refractivity contribution in [3.63, 3.8) is 0 Å². The Morgan fingerprint density at radius 3 is 2.36 bits per heavy atom. The average Bonchev–Trinajstić information content (AvgIpc) is 2.78. The molecule has 7 nitrogen and oxygen atoms in total. The van der Waals surface area contributed by atoms with Crippen molar-refractivity contribution in [1.82, 2.24) is 20.0 Å². The van der Waals surface area contributed by atoms with Crippen molar-refractivity contribution in [3.05, 3.63) is 0 Å². The van der Waals surface area contributed by atoms with E-state index in [4.69, 9.17) is 0 Å². The summed E-state index contributed by atoms with van der Waals surface area (Å²) in [4.78, 5) is 42.6. The van der Waals surface area contributed by atoms with Crippen LogP contribution in [0.15, 0.2) is 0 Å². The molecule has 1 heterocycles. The standard InChI is InChI=1S/C18H32N4O3/c1-5-21(6-2)14(3)12-19-15(23)13-22-16(24)18(20(4)17(22)25)10-8-7-9-11-18/h14H,5-13H2,1-4H3,(H,19,23). The predicted molar refractivity (Wildman–Crippen MR) is 96.1 cm³/mol. The van der Waals surface area contributed by atoms with Gasteiger partial charge in [0.1, 0.15) is 12.1 Å². The quantitative estimate of drug-likeness (QED) is 0.704. The van der Waals surface area contributed by atoms with Crippen molar-refractivity contribution in [2.45, 2.75) is 64.5 Å². The largest absolute Gasteiger partial charge is 0.353 e. The first-order valence-electron chi connectivity index (χ1n) is 9.47. The van der Waals surface area contributed by atoms with Crippen LogP contribution >= 0.6 is 0 Å². The van der Waals surface area contributed by atoms with Crippen molar-refractivity contribution in [1.29, 1.82) is 0 Å². The second-order valence-corrected chi connectivity index (χ2v) is 7.20. The van der Waals surface area contributed by atoms with Gasteiger partial charge < -0.3 is 10.2 Å². The molecule has 1 saturated heterocycles. The lowest BCUT2D eigenvalue weighted by Gasteiger charge is -2.35. The zero-order valence-electron chi connectivity index (χ0n) is 16.0. The number of likely N-dealkylation sites (N-methyl/N-ethyl adjacent to an activating group) is 2. The van der Waals surface area contributed by atoms with E-state index in [1.165, 1.54) is 0 Å². The number of hydrogen-bond acceptors (Lipinski definition) is 4. The lowest BCUT2D eigenvalue weighted by molar-refractivity contribution is -0.137. The van der Waals surface area contributed by atoms with E-state index < -0.39 is 5.54 Å². The molecule has 1 saturated carbocycles. The van der Waals surface area contributed by atoms with E-state index in [2.05, 4.69) is 31.0 Å². The van der Waals surface area contributed by atoms with E-state index in [0.29, 0.717) is 19.4 Å². The van der Waals surface area contributed by atoms with Gasteiger partial charge in [0.25, 0.3) is 5.91 Å². The Hall–Kier alpha value is -1.63. The normalized spacial score (nSPS) is 21.3. The summed E-state index contributed by atoms with van der Waals surface area (Å²) in [7, 11) is 1.69. The summed E-state index contributed by atoms with van der Waals surface area (Å²) in [5.41, 5.74) is -0.718. The average molecular weight is 352 g/mol. The minimum Gasteiger partial charge on any atom is -0.353 e. The molecule has 1 aliphatic heterocycles. The molecule has 1 spiro atoms. The van der Waals surface area contributed by atoms with Gasteiger partial charge in [0.2, 0.25) is 5.91 Å². The smallest absolute Gasteiger partial charge is 0.327 e. The number of hydrogen-bond donors (Lipinski definition) is 1. The number of carbonyl (C=O) groups excluding carboxylic acids is 3. The molecule has 2 rings (SSSR count). The van der Waals surface area contributed by atoms with Gasteiger partial charge in [0.15, 0.2) is 0 Å². The molecule has 2 aliphatic rings. The fourth-order valence-corrected chi connectivity index (χ4v) is 4.11. The van der Waals surface area contributed by atoms with Gasteiger partial charge in [0.05, 0.1) is 0 Å². The highest BCUT2D eigenvalue weighted by molar-refractivity contribution is 6.08. The van der Waals surface area contributed by atoms with Gasteiger partial charge in [-0.25, -0.2) is 4.79 Å². The first-order valence-corrected chi connectivity index (χ1v) is 9.47. The fraction of sp³-hybridized carbons (Fsp3) is 0.833. The summed E-state index contributed by atoms with van der Waals surface area (Å²) in [6.07, 6.45) is 4.40. The van der Waals surface area contributed by atoms with Gasteiger partial charge in [0, 0.05) is 19.6 Å². The highest BCUT2D eigenvalue weighted by Gasteiger charge is 2.55. The van der Waals surface area contributed by atoms with Crippen LogP contribution in [0.25, 0.3) is 0 Å². The minimum atomic E-state index is -0.718. The third-order valence-corrected chi connectivity index (χ3v) is 5.82. The van der Waals surface area contributed by atoms with E-state index in [1.807, 2.05) is 0 Å². The Morgan fingerprint density at radius 1 is 1.20 bits per heavy atom. The molecule has 25 heavy (non-hydrogen) atoms. The van der Waals surface area contributed by atoms with Gasteiger partial charge in [-0.3, -0.25) is 19.4 Å². The highest BCUT2D eigenvalue weighted by Crippen LogP contribution is 2.39. The van der Waals surface area contributed by atoms with E-state index in [0.717, 1.165) is 37.3 Å². The van der Waals surface area contributed by atoms with Crippen LogP contribution in [-0.2, 0) is 9.59 Å². The molecule has 1 atom stereocenters. The Morgan fingerprint density at radius 2 is 1.80 bits per heavy atom. The topological polar surface area (TPSA) is 73.0 Å². The van der Waals surface area contributed by atoms with Crippen molar-refractivity contribution in [2.24, 2.45) is 0 Å². The number of carbonyl (C=O) groups is 3. The number of nitrogens with one attached hydrogen (secondary N) is 1. The van der Waals surface area contributed by atoms with Crippen LogP contribution in [0.1, 0.15) is 52.9 Å². The molecular weight excluding hydrogens is 320 g/mol. The maximum Gasteiger partial charge on any atom is 0.327 e. The summed E-state index contributed by atoms with van der Waals surface area (Å²) in [5.74, 6) is -0.478. The summed E-state index contributed by atoms with van der Waals surface area (Å²) in [6.45, 7) is 8.40. The maximum atomic E-state index is 12.9. The Labute approximate surface area is 150 Å². The number of urea groups is 1. The van der Waals surface area contributed by atoms with Gasteiger partial charge in [-0.05, 0) is 32.9 Å². The maximum absolute atomic E-state index is 12.9. The zero-order valence-corrected chi connectivity index (χ0v) is 16.0. The van der Waals surface area contributed by atoms with Crippen LogP contribution in [0.2, 0.25) is 0 Å². The van der Waals surface area contributed by atoms with E-state index in [1.54, 1.807) is 11.9 Å². The van der Waals surface area contributed by atoms with E-state index in [-0.39, 0.29) is 30.4 Å². The summed E-state index contributed by atoms with van der Waals surface area (Å²) >= 11 is 0. The molecule has 0 aromatic rings. The lowest BCUT2D eigenvalue weighted by Crippen LogP contribution is -2.50. The highest BCUT2D eigenvalue weighted by atomic mass is 16.2. The molecule has 1 unspecified atom stereocenters. The molecule has 0 aromatic carbocycles. The van der Waals surface area contributed by atoms with Gasteiger partial charge in [-0.15, -0.1) is 0 Å². The monoisotopic (exact) mass is 352 g/mol. The minimum absolute atomic E-state index is 0.186. The number of nitrogens with zero attached hydrogens (tertiary/aromatic N) is 3. The summed E-state index contributed by atoms with van der Waals surface area (Å²) in [6, 6.07) is -0.130. The lowest BCUT2D eigenvalue weighted by atomic mass is 9.81. The van der Waals surface area contributed by atoms with E-state index in [9.17, 15) is 14.4 Å². The second-order valence-electron chi connectivity index (χ2n) is 7.20. The van der Waals surface area contributed by atoms with Crippen molar-refractivity contribution >= 4 is 17.8 Å². The van der Waals surface area contributed by atoms with Gasteiger partial charge in [-0.1, -0.05) is 33.1 Å². The fourth-order valence-electron chi connectivity index (χ4n) is 4.11. The SMILES string of the molecule is CCN(CC)C(C)CNC(=O)CN1C(=O)N(C)C2(CCCCC2)C1=O. The van der Waals surface area contributed by atoms with Crippen LogP contribution in [0.4, 0.5) is 4.79 Å². The molecule has 142 valence electrons. The molecule has 1 N–H and O–H groups in total. The molecule has 0 radical (unpaired) electrons. The second kappa shape index (κ2) is 8.17. The van der Waals surface area contributed by atoms with Crippen LogP contribution in [0, 0.1) is 0 Å². The number of amides is 4. The number of rotatable bonds is 7. The van der Waals surface area contributed by atoms with Gasteiger partial charge >= 0.3 is 6.03 Å². The summed E-state index contributed by atoms with van der Waals surface area (Å²) < 4.78 is 0. The van der Waals surface area contributed by atoms with E-state index >= 15 is 0 Å². The predicted octanol–water partition coefficient (Wildman–Crippen LogP) is 1.43. The molecule has 1 aliphatic carbocycles. The van der Waals surface area contributed by atoms with Crippen molar-refractivity contribution < 1.29 is 14.4 Å². The molecule has 7 heteroatoms. The number of imide groups is 1. The van der Waals surface area contributed by atoms with Crippen molar-refractivity contribution in [2.75, 3.05) is 33.2 Å². The third-order valence-electron chi connectivity index (χ3n) is 5.82. The van der Waals surface area contributed by atoms with Crippen LogP contribution < -0.4 is 5.32 Å². The molecule has 2 fully saturated rings. The van der Waals surface area contributed by atoms with Crippen LogP contribution in [0.5, 0.6) is 0 Å². The molecule has 0 bridgehead atoms. The zero-order chi connectivity index (χ0) is 18.6. The Bertz CT molecular complexity index is 512. The van der Waals surface area contributed by atoms with Gasteiger partial charge in [-0.2, -0.15) is 0 Å². The Balaban J connectivity index is 1.94. The Kier molecular flexibility index (Phi) is 6.43. The molecule has 0 aromatic heterocycles. The van der Waals surface area contributed by atoms with Crippen molar-refractivity contribution in [3.8, 4) is 0 Å².